The van der Waals surface area contributed by atoms with Crippen molar-refractivity contribution in [3.63, 3.8) is 0 Å². The maximum atomic E-state index is 10.5. The highest BCUT2D eigenvalue weighted by Gasteiger charge is 2.05. The minimum atomic E-state index is -0.801. The average molecular weight is 205 g/mol. The molecule has 2 rings (SSSR count). The highest BCUT2D eigenvalue weighted by atomic mass is 27.0. The SMILES string of the molecule is O=C(O)Cc1c[nH]c2ccccc12.[AlH3]. The van der Waals surface area contributed by atoms with E-state index < -0.39 is 5.97 Å². The van der Waals surface area contributed by atoms with Gasteiger partial charge in [-0.25, -0.2) is 0 Å². The molecule has 4 heteroatoms. The molecule has 0 aliphatic carbocycles. The highest BCUT2D eigenvalue weighted by molar-refractivity contribution is 5.86. The van der Waals surface area contributed by atoms with Gasteiger partial charge < -0.3 is 10.1 Å². The molecule has 1 heterocycles. The Hall–Kier alpha value is -1.24. The van der Waals surface area contributed by atoms with E-state index in [1.165, 1.54) is 0 Å². The summed E-state index contributed by atoms with van der Waals surface area (Å²) in [6.45, 7) is 0. The van der Waals surface area contributed by atoms with Crippen molar-refractivity contribution in [1.82, 2.24) is 4.98 Å². The predicted molar refractivity (Wildman–Crippen MR) is 59.6 cm³/mol. The molecule has 3 nitrogen and oxygen atoms in total. The molecule has 1 aromatic carbocycles. The molecule has 0 aliphatic rings. The van der Waals surface area contributed by atoms with Crippen LogP contribution in [0.25, 0.3) is 10.9 Å². The summed E-state index contributed by atoms with van der Waals surface area (Å²) < 4.78 is 0. The summed E-state index contributed by atoms with van der Waals surface area (Å²) in [7, 11) is 0. The lowest BCUT2D eigenvalue weighted by Crippen LogP contribution is -1.98. The minimum Gasteiger partial charge on any atom is -0.481 e. The first kappa shape index (κ1) is 10.8. The summed E-state index contributed by atoms with van der Waals surface area (Å²) in [4.78, 5) is 13.5. The highest BCUT2D eigenvalue weighted by Crippen LogP contribution is 2.17. The van der Waals surface area contributed by atoms with Crippen molar-refractivity contribution in [1.29, 1.82) is 0 Å². The van der Waals surface area contributed by atoms with Crippen LogP contribution in [0.2, 0.25) is 0 Å². The number of aliphatic carboxylic acids is 1. The lowest BCUT2D eigenvalue weighted by molar-refractivity contribution is -0.136. The number of fused-ring (bicyclic) bond motifs is 1. The number of hydrogen-bond acceptors (Lipinski definition) is 1. The van der Waals surface area contributed by atoms with E-state index in [-0.39, 0.29) is 23.8 Å². The van der Waals surface area contributed by atoms with Crippen LogP contribution < -0.4 is 0 Å². The Morgan fingerprint density at radius 2 is 2.07 bits per heavy atom. The summed E-state index contributed by atoms with van der Waals surface area (Å²) in [6, 6.07) is 7.68. The fraction of sp³-hybridized carbons (Fsp3) is 0.100. The van der Waals surface area contributed by atoms with Crippen molar-refractivity contribution in [3.8, 4) is 0 Å². The minimum absolute atomic E-state index is 0. The molecule has 1 aromatic heterocycles. The fourth-order valence-corrected chi connectivity index (χ4v) is 1.44. The Labute approximate surface area is 91.9 Å². The van der Waals surface area contributed by atoms with Gasteiger partial charge in [-0.3, -0.25) is 4.79 Å². The van der Waals surface area contributed by atoms with Gasteiger partial charge in [0.15, 0.2) is 17.4 Å². The van der Waals surface area contributed by atoms with Gasteiger partial charge in [0.05, 0.1) is 6.42 Å². The van der Waals surface area contributed by atoms with Crippen molar-refractivity contribution in [2.75, 3.05) is 0 Å². The Balaban J connectivity index is 0.000000980. The molecule has 0 atom stereocenters. The van der Waals surface area contributed by atoms with Gasteiger partial charge in [0.2, 0.25) is 0 Å². The zero-order valence-electron chi connectivity index (χ0n) is 6.95. The number of H-pyrrole nitrogens is 1. The van der Waals surface area contributed by atoms with Crippen LogP contribution in [0.4, 0.5) is 0 Å². The molecule has 0 bridgehead atoms. The Morgan fingerprint density at radius 3 is 2.79 bits per heavy atom. The van der Waals surface area contributed by atoms with Crippen LogP contribution in [0.15, 0.2) is 30.5 Å². The summed E-state index contributed by atoms with van der Waals surface area (Å²) >= 11 is 0. The molecule has 0 unspecified atom stereocenters. The standard InChI is InChI=1S/C10H9NO2.Al.3H/c12-10(13)5-7-6-11-9-4-2-1-3-8(7)9;;;;/h1-4,6,11H,5H2,(H,12,13);;;;. The van der Waals surface area contributed by atoms with Gasteiger partial charge in [-0.2, -0.15) is 0 Å². The van der Waals surface area contributed by atoms with Gasteiger partial charge in [-0.15, -0.1) is 0 Å². The van der Waals surface area contributed by atoms with Crippen molar-refractivity contribution < 1.29 is 9.90 Å². The van der Waals surface area contributed by atoms with E-state index in [2.05, 4.69) is 4.98 Å². The Kier molecular flexibility index (Phi) is 3.34. The molecule has 0 spiro atoms. The molecule has 0 aliphatic heterocycles. The van der Waals surface area contributed by atoms with Crippen LogP contribution in [0.5, 0.6) is 0 Å². The first-order chi connectivity index (χ1) is 6.27. The number of rotatable bonds is 2. The molecule has 2 N–H and O–H groups in total. The van der Waals surface area contributed by atoms with E-state index in [0.29, 0.717) is 0 Å². The summed E-state index contributed by atoms with van der Waals surface area (Å²) in [6.07, 6.45) is 1.82. The number of benzene rings is 1. The lowest BCUT2D eigenvalue weighted by atomic mass is 10.1. The van der Waals surface area contributed by atoms with Crippen LogP contribution in [0.1, 0.15) is 5.56 Å². The number of hydrogen-bond donors (Lipinski definition) is 2. The van der Waals surface area contributed by atoms with Gasteiger partial charge in [0, 0.05) is 17.1 Å². The van der Waals surface area contributed by atoms with Crippen LogP contribution in [-0.2, 0) is 11.2 Å². The van der Waals surface area contributed by atoms with E-state index in [4.69, 9.17) is 5.11 Å². The van der Waals surface area contributed by atoms with Crippen molar-refractivity contribution in [2.24, 2.45) is 0 Å². The summed E-state index contributed by atoms with van der Waals surface area (Å²) in [5, 5.41) is 9.62. The second kappa shape index (κ2) is 4.32. The number of carboxylic acids is 1. The topological polar surface area (TPSA) is 53.1 Å². The van der Waals surface area contributed by atoms with E-state index in [0.717, 1.165) is 16.5 Å². The zero-order valence-corrected chi connectivity index (χ0v) is 6.95. The van der Waals surface area contributed by atoms with Crippen LogP contribution >= 0.6 is 0 Å². The van der Waals surface area contributed by atoms with Crippen molar-refractivity contribution in [3.05, 3.63) is 36.0 Å². The third kappa shape index (κ3) is 1.98. The zero-order chi connectivity index (χ0) is 9.26. The molecule has 0 radical (unpaired) electrons. The van der Waals surface area contributed by atoms with E-state index in [9.17, 15) is 4.79 Å². The Bertz CT molecular complexity index is 450. The normalized spacial score (nSPS) is 9.71. The smallest absolute Gasteiger partial charge is 0.307 e. The number of aromatic amines is 1. The molecule has 72 valence electrons. The van der Waals surface area contributed by atoms with Crippen LogP contribution in [-0.4, -0.2) is 33.4 Å². The molecular formula is C10H12AlNO2. The number of aromatic nitrogens is 1. The quantitative estimate of drug-likeness (QED) is 0.706. The van der Waals surface area contributed by atoms with Gasteiger partial charge in [-0.1, -0.05) is 18.2 Å². The molecule has 2 aromatic rings. The number of carboxylic acid groups (broad SMARTS) is 1. The lowest BCUT2D eigenvalue weighted by Gasteiger charge is -1.92. The maximum absolute atomic E-state index is 10.5. The first-order valence-electron chi connectivity index (χ1n) is 4.04. The molecule has 0 saturated carbocycles. The van der Waals surface area contributed by atoms with Crippen LogP contribution in [0.3, 0.4) is 0 Å². The van der Waals surface area contributed by atoms with Crippen LogP contribution in [0, 0.1) is 0 Å². The average Bonchev–Trinajstić information content (AvgIpc) is 2.48. The molecule has 0 saturated heterocycles. The second-order valence-corrected chi connectivity index (χ2v) is 2.93. The third-order valence-electron chi connectivity index (χ3n) is 2.02. The summed E-state index contributed by atoms with van der Waals surface area (Å²) in [5.41, 5.74) is 1.82. The van der Waals surface area contributed by atoms with E-state index in [1.54, 1.807) is 6.20 Å². The first-order valence-corrected chi connectivity index (χ1v) is 4.04. The summed E-state index contributed by atoms with van der Waals surface area (Å²) in [5.74, 6) is -0.801. The monoisotopic (exact) mass is 205 g/mol. The molecule has 14 heavy (non-hydrogen) atoms. The number of nitrogens with one attached hydrogen (secondary N) is 1. The molecule has 0 amide bonds. The van der Waals surface area contributed by atoms with Crippen molar-refractivity contribution in [2.45, 2.75) is 6.42 Å². The largest absolute Gasteiger partial charge is 0.481 e. The number of carbonyl (C=O) groups is 1. The van der Waals surface area contributed by atoms with Gasteiger partial charge in [0.25, 0.3) is 0 Å². The Morgan fingerprint density at radius 1 is 1.36 bits per heavy atom. The van der Waals surface area contributed by atoms with E-state index >= 15 is 0 Å². The van der Waals surface area contributed by atoms with Gasteiger partial charge >= 0.3 is 5.97 Å². The van der Waals surface area contributed by atoms with Crippen molar-refractivity contribution >= 4 is 34.2 Å². The fourth-order valence-electron chi connectivity index (χ4n) is 1.44. The van der Waals surface area contributed by atoms with Gasteiger partial charge in [0.1, 0.15) is 0 Å². The predicted octanol–water partition coefficient (Wildman–Crippen LogP) is 0.611. The molecular weight excluding hydrogens is 193 g/mol. The second-order valence-electron chi connectivity index (χ2n) is 2.93. The van der Waals surface area contributed by atoms with E-state index in [1.807, 2.05) is 24.3 Å². The molecule has 0 fully saturated rings. The van der Waals surface area contributed by atoms with Gasteiger partial charge in [-0.05, 0) is 11.6 Å². The number of para-hydroxylation sites is 1. The maximum Gasteiger partial charge on any atom is 0.307 e. The third-order valence-corrected chi connectivity index (χ3v) is 2.02.